The van der Waals surface area contributed by atoms with Gasteiger partial charge < -0.3 is 0 Å². The first-order valence-electron chi connectivity index (χ1n) is 5.82. The quantitative estimate of drug-likeness (QED) is 0.530. The second kappa shape index (κ2) is 5.76. The number of rotatable bonds is 2. The van der Waals surface area contributed by atoms with Gasteiger partial charge in [-0.2, -0.15) is 13.2 Å². The SMILES string of the molecule is Fc1ccc(C=C=C(c2ccccc2)C(F)(F)F)cc1. The van der Waals surface area contributed by atoms with Gasteiger partial charge in [-0.25, -0.2) is 4.39 Å². The van der Waals surface area contributed by atoms with Crippen molar-refractivity contribution in [3.63, 3.8) is 0 Å². The van der Waals surface area contributed by atoms with Gasteiger partial charge in [-0.1, -0.05) is 42.5 Å². The molecule has 4 heteroatoms. The summed E-state index contributed by atoms with van der Waals surface area (Å²) in [6.45, 7) is 0. The van der Waals surface area contributed by atoms with Crippen LogP contribution in [0.1, 0.15) is 11.1 Å². The maximum absolute atomic E-state index is 13.0. The average Bonchev–Trinajstić information content (AvgIpc) is 2.41. The third-order valence-electron chi connectivity index (χ3n) is 2.60. The molecule has 0 aliphatic carbocycles. The standard InChI is InChI=1S/C16H10F4/c17-14-9-6-12(7-10-14)8-11-15(16(18,19)20)13-4-2-1-3-5-13/h1-10H. The summed E-state index contributed by atoms with van der Waals surface area (Å²) in [6.07, 6.45) is -3.31. The first-order chi connectivity index (χ1) is 9.47. The molecule has 2 aromatic carbocycles. The third-order valence-corrected chi connectivity index (χ3v) is 2.60. The Balaban J connectivity index is 2.47. The minimum absolute atomic E-state index is 0.0401. The van der Waals surface area contributed by atoms with Crippen LogP contribution in [-0.4, -0.2) is 6.18 Å². The summed E-state index contributed by atoms with van der Waals surface area (Å²) in [6, 6.07) is 12.6. The average molecular weight is 278 g/mol. The molecule has 0 N–H and O–H groups in total. The molecule has 0 radical (unpaired) electrons. The molecule has 2 rings (SSSR count). The van der Waals surface area contributed by atoms with Gasteiger partial charge in [0.15, 0.2) is 0 Å². The number of halogens is 4. The predicted molar refractivity (Wildman–Crippen MR) is 70.3 cm³/mol. The summed E-state index contributed by atoms with van der Waals surface area (Å²) in [7, 11) is 0. The van der Waals surface area contributed by atoms with Crippen LogP contribution in [0.15, 0.2) is 60.3 Å². The van der Waals surface area contributed by atoms with Crippen molar-refractivity contribution >= 4 is 11.6 Å². The molecule has 0 saturated heterocycles. The molecule has 0 saturated carbocycles. The van der Waals surface area contributed by atoms with Crippen molar-refractivity contribution in [3.05, 3.63) is 77.3 Å². The zero-order chi connectivity index (χ0) is 14.6. The molecular weight excluding hydrogens is 268 g/mol. The minimum atomic E-state index is -4.50. The van der Waals surface area contributed by atoms with Gasteiger partial charge in [0.1, 0.15) is 11.4 Å². The molecule has 0 aliphatic rings. The second-order valence-electron chi connectivity index (χ2n) is 4.08. The third kappa shape index (κ3) is 3.59. The Morgan fingerprint density at radius 3 is 2.05 bits per heavy atom. The lowest BCUT2D eigenvalue weighted by atomic mass is 10.1. The molecule has 0 unspecified atom stereocenters. The van der Waals surface area contributed by atoms with Crippen LogP contribution in [0, 0.1) is 5.82 Å². The van der Waals surface area contributed by atoms with Crippen molar-refractivity contribution in [2.45, 2.75) is 6.18 Å². The summed E-state index contributed by atoms with van der Waals surface area (Å²) in [5.74, 6) is -0.440. The fourth-order valence-corrected chi connectivity index (χ4v) is 1.65. The van der Waals surface area contributed by atoms with E-state index in [4.69, 9.17) is 0 Å². The molecule has 2 aromatic rings. The zero-order valence-corrected chi connectivity index (χ0v) is 10.3. The number of hydrogen-bond acceptors (Lipinski definition) is 0. The van der Waals surface area contributed by atoms with Crippen LogP contribution in [0.4, 0.5) is 17.6 Å². The van der Waals surface area contributed by atoms with Crippen molar-refractivity contribution in [2.75, 3.05) is 0 Å². The fraction of sp³-hybridized carbons (Fsp3) is 0.0625. The number of alkyl halides is 3. The van der Waals surface area contributed by atoms with Gasteiger partial charge in [-0.05, 0) is 29.3 Å². The predicted octanol–water partition coefficient (Wildman–Crippen LogP) is 5.08. The minimum Gasteiger partial charge on any atom is -0.207 e. The number of allylic oxidation sites excluding steroid dienone is 1. The van der Waals surface area contributed by atoms with Crippen LogP contribution in [0.25, 0.3) is 11.6 Å². The smallest absolute Gasteiger partial charge is 0.207 e. The van der Waals surface area contributed by atoms with Crippen molar-refractivity contribution in [1.82, 2.24) is 0 Å². The Morgan fingerprint density at radius 2 is 1.50 bits per heavy atom. The van der Waals surface area contributed by atoms with E-state index in [1.165, 1.54) is 54.6 Å². The van der Waals surface area contributed by atoms with Crippen LogP contribution in [-0.2, 0) is 0 Å². The van der Waals surface area contributed by atoms with Gasteiger partial charge in [0, 0.05) is 0 Å². The van der Waals surface area contributed by atoms with Crippen molar-refractivity contribution < 1.29 is 17.6 Å². The van der Waals surface area contributed by atoms with E-state index in [2.05, 4.69) is 5.73 Å². The first kappa shape index (κ1) is 14.1. The lowest BCUT2D eigenvalue weighted by Gasteiger charge is -2.09. The Kier molecular flexibility index (Phi) is 4.06. The van der Waals surface area contributed by atoms with Crippen LogP contribution in [0.5, 0.6) is 0 Å². The van der Waals surface area contributed by atoms with Crippen LogP contribution in [0.2, 0.25) is 0 Å². The van der Waals surface area contributed by atoms with Gasteiger partial charge >= 0.3 is 6.18 Å². The Morgan fingerprint density at radius 1 is 0.900 bits per heavy atom. The molecule has 0 atom stereocenters. The lowest BCUT2D eigenvalue weighted by molar-refractivity contribution is -0.0687. The Labute approximate surface area is 113 Å². The summed E-state index contributed by atoms with van der Waals surface area (Å²) in [4.78, 5) is 0. The van der Waals surface area contributed by atoms with E-state index in [1.54, 1.807) is 6.07 Å². The molecule has 0 heterocycles. The highest BCUT2D eigenvalue weighted by Gasteiger charge is 2.34. The number of hydrogen-bond donors (Lipinski definition) is 0. The maximum atomic E-state index is 13.0. The molecule has 0 bridgehead atoms. The molecule has 0 aromatic heterocycles. The first-order valence-corrected chi connectivity index (χ1v) is 5.82. The molecule has 0 spiro atoms. The summed E-state index contributed by atoms with van der Waals surface area (Å²) >= 11 is 0. The van der Waals surface area contributed by atoms with Crippen LogP contribution < -0.4 is 0 Å². The van der Waals surface area contributed by atoms with E-state index in [-0.39, 0.29) is 5.56 Å². The van der Waals surface area contributed by atoms with E-state index in [9.17, 15) is 17.6 Å². The molecule has 0 nitrogen and oxygen atoms in total. The van der Waals surface area contributed by atoms with E-state index < -0.39 is 17.6 Å². The van der Waals surface area contributed by atoms with Gasteiger partial charge in [0.25, 0.3) is 0 Å². The summed E-state index contributed by atoms with van der Waals surface area (Å²) in [5, 5.41) is 0. The maximum Gasteiger partial charge on any atom is 0.424 e. The van der Waals surface area contributed by atoms with Crippen molar-refractivity contribution in [3.8, 4) is 0 Å². The van der Waals surface area contributed by atoms with Gasteiger partial charge in [0.05, 0.1) is 0 Å². The van der Waals surface area contributed by atoms with E-state index in [0.717, 1.165) is 0 Å². The molecule has 0 fully saturated rings. The van der Waals surface area contributed by atoms with Gasteiger partial charge in [-0.3, -0.25) is 0 Å². The van der Waals surface area contributed by atoms with Crippen molar-refractivity contribution in [1.29, 1.82) is 0 Å². The molecule has 20 heavy (non-hydrogen) atoms. The zero-order valence-electron chi connectivity index (χ0n) is 10.3. The Bertz CT molecular complexity index is 630. The highest BCUT2D eigenvalue weighted by Crippen LogP contribution is 2.32. The normalized spacial score (nSPS) is 10.8. The molecule has 102 valence electrons. The van der Waals surface area contributed by atoms with E-state index >= 15 is 0 Å². The topological polar surface area (TPSA) is 0 Å². The Hall–Kier alpha value is -2.32. The molecule has 0 amide bonds. The van der Waals surface area contributed by atoms with Crippen molar-refractivity contribution in [2.24, 2.45) is 0 Å². The van der Waals surface area contributed by atoms with Crippen LogP contribution >= 0.6 is 0 Å². The largest absolute Gasteiger partial charge is 0.424 e. The summed E-state index contributed by atoms with van der Waals surface area (Å²) < 4.78 is 51.7. The second-order valence-corrected chi connectivity index (χ2v) is 4.08. The highest BCUT2D eigenvalue weighted by atomic mass is 19.4. The summed E-state index contributed by atoms with van der Waals surface area (Å²) in [5.41, 5.74) is 1.89. The fourth-order valence-electron chi connectivity index (χ4n) is 1.65. The monoisotopic (exact) mass is 278 g/mol. The molecule has 0 aliphatic heterocycles. The van der Waals surface area contributed by atoms with Gasteiger partial charge in [0.2, 0.25) is 0 Å². The van der Waals surface area contributed by atoms with Gasteiger partial charge in [-0.15, -0.1) is 5.73 Å². The highest BCUT2D eigenvalue weighted by molar-refractivity contribution is 5.72. The lowest BCUT2D eigenvalue weighted by Crippen LogP contribution is -2.09. The number of benzene rings is 2. The van der Waals surface area contributed by atoms with E-state index in [0.29, 0.717) is 5.56 Å². The van der Waals surface area contributed by atoms with E-state index in [1.807, 2.05) is 0 Å². The van der Waals surface area contributed by atoms with Crippen LogP contribution in [0.3, 0.4) is 0 Å². The molecular formula is C16H10F4.